The molecule has 2 fully saturated rings. The summed E-state index contributed by atoms with van der Waals surface area (Å²) in [5.41, 5.74) is 5.26. The lowest BCUT2D eigenvalue weighted by Crippen LogP contribution is -2.35. The third kappa shape index (κ3) is 3.72. The number of piperidine rings is 1. The van der Waals surface area contributed by atoms with Gasteiger partial charge in [-0.2, -0.15) is 0 Å². The summed E-state index contributed by atoms with van der Waals surface area (Å²) in [6.07, 6.45) is 4.90. The number of nitrogens with zero attached hydrogens (tertiary/aromatic N) is 2. The van der Waals surface area contributed by atoms with Gasteiger partial charge in [0, 0.05) is 11.9 Å². The maximum absolute atomic E-state index is 12.6. The van der Waals surface area contributed by atoms with Crippen LogP contribution in [0.5, 0.6) is 0 Å². The third-order valence-electron chi connectivity index (χ3n) is 8.45. The van der Waals surface area contributed by atoms with Gasteiger partial charge in [-0.1, -0.05) is 43.3 Å². The van der Waals surface area contributed by atoms with Crippen molar-refractivity contribution in [2.45, 2.75) is 45.6 Å². The number of fused-ring (bicyclic) bond motifs is 2. The van der Waals surface area contributed by atoms with Gasteiger partial charge >= 0.3 is 0 Å². The molecule has 1 spiro atoms. The van der Waals surface area contributed by atoms with Crippen LogP contribution in [0.25, 0.3) is 10.9 Å². The molecule has 3 heterocycles. The van der Waals surface area contributed by atoms with Crippen LogP contribution in [-0.4, -0.2) is 34.8 Å². The summed E-state index contributed by atoms with van der Waals surface area (Å²) in [4.78, 5) is 32.3. The number of carbonyl (C=O) groups excluding carboxylic acids is 2. The minimum atomic E-state index is -0.621. The normalized spacial score (nSPS) is 25.3. The summed E-state index contributed by atoms with van der Waals surface area (Å²) in [6, 6.07) is 19.5. The van der Waals surface area contributed by atoms with Gasteiger partial charge in [-0.05, 0) is 86.0 Å². The summed E-state index contributed by atoms with van der Waals surface area (Å²) in [7, 11) is 0. The molecule has 5 heteroatoms. The second-order valence-electron chi connectivity index (χ2n) is 10.6. The quantitative estimate of drug-likeness (QED) is 0.605. The molecule has 0 saturated carbocycles. The van der Waals surface area contributed by atoms with Crippen molar-refractivity contribution in [1.82, 2.24) is 15.2 Å². The molecule has 2 saturated heterocycles. The van der Waals surface area contributed by atoms with Crippen molar-refractivity contribution in [2.75, 3.05) is 13.1 Å². The molecular formula is C29H31N3O2. The molecule has 3 aliphatic rings. The van der Waals surface area contributed by atoms with Crippen LogP contribution in [0, 0.1) is 17.3 Å². The lowest BCUT2D eigenvalue weighted by molar-refractivity contribution is -0.128. The van der Waals surface area contributed by atoms with Gasteiger partial charge in [-0.3, -0.25) is 24.8 Å². The van der Waals surface area contributed by atoms with Crippen LogP contribution < -0.4 is 5.32 Å². The van der Waals surface area contributed by atoms with E-state index in [1.807, 2.05) is 6.92 Å². The molecule has 0 bridgehead atoms. The second kappa shape index (κ2) is 8.31. The Kier molecular flexibility index (Phi) is 5.25. The predicted molar refractivity (Wildman–Crippen MR) is 132 cm³/mol. The lowest BCUT2D eigenvalue weighted by atomic mass is 9.75. The largest absolute Gasteiger partial charge is 0.297 e. The first-order valence-electron chi connectivity index (χ1n) is 12.5. The lowest BCUT2D eigenvalue weighted by Gasteiger charge is -2.31. The second-order valence-corrected chi connectivity index (χ2v) is 10.6. The van der Waals surface area contributed by atoms with Gasteiger partial charge in [0.15, 0.2) is 0 Å². The highest BCUT2D eigenvalue weighted by atomic mass is 16.2. The number of rotatable bonds is 4. The Labute approximate surface area is 200 Å². The van der Waals surface area contributed by atoms with E-state index in [1.165, 1.54) is 30.4 Å². The zero-order valence-corrected chi connectivity index (χ0v) is 19.7. The van der Waals surface area contributed by atoms with Gasteiger partial charge in [-0.25, -0.2) is 0 Å². The Morgan fingerprint density at radius 3 is 2.44 bits per heavy atom. The van der Waals surface area contributed by atoms with Gasteiger partial charge in [0.2, 0.25) is 11.8 Å². The van der Waals surface area contributed by atoms with Crippen LogP contribution in [-0.2, 0) is 35.4 Å². The van der Waals surface area contributed by atoms with Crippen molar-refractivity contribution in [1.29, 1.82) is 0 Å². The highest BCUT2D eigenvalue weighted by Crippen LogP contribution is 2.46. The van der Waals surface area contributed by atoms with Gasteiger partial charge in [-0.15, -0.1) is 0 Å². The number of amides is 2. The standard InChI is InChI=1S/C29H31N3O2/c1-19-27(33)31-28(34)29(19)16-23-14-22-7-8-25(30-26(22)15-24(23)17-29)18-32-11-9-21(10-12-32)13-20-5-3-2-4-6-20/h2-8,14-15,19,21H,9-13,16-18H2,1H3,(H,31,33,34). The predicted octanol–water partition coefficient (Wildman–Crippen LogP) is 4.07. The number of benzene rings is 2. The van der Waals surface area contributed by atoms with Crippen molar-refractivity contribution in [3.63, 3.8) is 0 Å². The number of hydrogen-bond donors (Lipinski definition) is 1. The minimum absolute atomic E-state index is 0.116. The van der Waals surface area contributed by atoms with Crippen molar-refractivity contribution in [3.8, 4) is 0 Å². The highest BCUT2D eigenvalue weighted by molar-refractivity contribution is 6.08. The number of carbonyl (C=O) groups is 2. The van der Waals surface area contributed by atoms with E-state index in [0.29, 0.717) is 12.8 Å². The van der Waals surface area contributed by atoms with Crippen molar-refractivity contribution in [3.05, 3.63) is 77.0 Å². The third-order valence-corrected chi connectivity index (χ3v) is 8.45. The van der Waals surface area contributed by atoms with E-state index in [4.69, 9.17) is 4.98 Å². The molecule has 2 aliphatic heterocycles. The highest BCUT2D eigenvalue weighted by Gasteiger charge is 2.55. The molecule has 1 N–H and O–H groups in total. The summed E-state index contributed by atoms with van der Waals surface area (Å²) < 4.78 is 0. The van der Waals surface area contributed by atoms with Crippen LogP contribution >= 0.6 is 0 Å². The molecular weight excluding hydrogens is 422 g/mol. The summed E-state index contributed by atoms with van der Waals surface area (Å²) in [6.45, 7) is 4.99. The van der Waals surface area contributed by atoms with Crippen LogP contribution in [0.4, 0.5) is 0 Å². The Bertz CT molecular complexity index is 1260. The summed E-state index contributed by atoms with van der Waals surface area (Å²) >= 11 is 0. The topological polar surface area (TPSA) is 62.3 Å². The summed E-state index contributed by atoms with van der Waals surface area (Å²) in [5, 5.41) is 3.66. The molecule has 2 amide bonds. The zero-order chi connectivity index (χ0) is 23.3. The number of pyridine rings is 1. The van der Waals surface area contributed by atoms with Crippen LogP contribution in [0.3, 0.4) is 0 Å². The molecule has 2 atom stereocenters. The van der Waals surface area contributed by atoms with Gasteiger partial charge in [0.05, 0.1) is 22.5 Å². The molecule has 0 radical (unpaired) electrons. The Balaban J connectivity index is 1.14. The van der Waals surface area contributed by atoms with E-state index >= 15 is 0 Å². The van der Waals surface area contributed by atoms with Crippen LogP contribution in [0.2, 0.25) is 0 Å². The fourth-order valence-electron chi connectivity index (χ4n) is 6.25. The first-order valence-corrected chi connectivity index (χ1v) is 12.5. The minimum Gasteiger partial charge on any atom is -0.297 e. The maximum Gasteiger partial charge on any atom is 0.234 e. The monoisotopic (exact) mass is 453 g/mol. The number of aromatic nitrogens is 1. The molecule has 2 unspecified atom stereocenters. The Morgan fingerprint density at radius 1 is 1.00 bits per heavy atom. The average molecular weight is 454 g/mol. The molecule has 2 aromatic carbocycles. The Morgan fingerprint density at radius 2 is 1.74 bits per heavy atom. The molecule has 6 rings (SSSR count). The van der Waals surface area contributed by atoms with E-state index in [2.05, 4.69) is 64.8 Å². The molecule has 1 aromatic heterocycles. The van der Waals surface area contributed by atoms with Crippen molar-refractivity contribution in [2.24, 2.45) is 17.3 Å². The van der Waals surface area contributed by atoms with E-state index in [-0.39, 0.29) is 17.7 Å². The first kappa shape index (κ1) is 21.5. The SMILES string of the molecule is CC1C(=O)NC(=O)C12Cc1cc3ccc(CN4CCC(Cc5ccccc5)CC4)nc3cc1C2. The van der Waals surface area contributed by atoms with E-state index < -0.39 is 5.41 Å². The number of likely N-dealkylation sites (tertiary alicyclic amines) is 1. The van der Waals surface area contributed by atoms with E-state index in [0.717, 1.165) is 47.7 Å². The average Bonchev–Trinajstić information content (AvgIpc) is 3.32. The van der Waals surface area contributed by atoms with Crippen molar-refractivity contribution >= 4 is 22.7 Å². The van der Waals surface area contributed by atoms with Gasteiger partial charge < -0.3 is 0 Å². The summed E-state index contributed by atoms with van der Waals surface area (Å²) in [5.74, 6) is 0.217. The number of imide groups is 1. The van der Waals surface area contributed by atoms with Crippen molar-refractivity contribution < 1.29 is 9.59 Å². The molecule has 3 aromatic rings. The van der Waals surface area contributed by atoms with E-state index in [1.54, 1.807) is 0 Å². The van der Waals surface area contributed by atoms with Crippen LogP contribution in [0.15, 0.2) is 54.6 Å². The van der Waals surface area contributed by atoms with Crippen LogP contribution in [0.1, 0.15) is 42.1 Å². The molecule has 174 valence electrons. The fourth-order valence-corrected chi connectivity index (χ4v) is 6.25. The van der Waals surface area contributed by atoms with Gasteiger partial charge in [0.1, 0.15) is 0 Å². The Hall–Kier alpha value is -3.05. The van der Waals surface area contributed by atoms with E-state index in [9.17, 15) is 9.59 Å². The number of hydrogen-bond acceptors (Lipinski definition) is 4. The maximum atomic E-state index is 12.6. The molecule has 1 aliphatic carbocycles. The fraction of sp³-hybridized carbons (Fsp3) is 0.414. The first-order chi connectivity index (χ1) is 16.5. The smallest absolute Gasteiger partial charge is 0.234 e. The molecule has 34 heavy (non-hydrogen) atoms. The van der Waals surface area contributed by atoms with Gasteiger partial charge in [0.25, 0.3) is 0 Å². The molecule has 5 nitrogen and oxygen atoms in total. The number of nitrogens with one attached hydrogen (secondary N) is 1. The zero-order valence-electron chi connectivity index (χ0n) is 19.7.